The monoisotopic (exact) mass is 416 g/mol. The van der Waals surface area contributed by atoms with Crippen molar-refractivity contribution in [3.05, 3.63) is 56.6 Å². The van der Waals surface area contributed by atoms with Gasteiger partial charge in [-0.15, -0.1) is 0 Å². The minimum atomic E-state index is -1.02. The first-order chi connectivity index (χ1) is 14.2. The molecular weight excluding hydrogens is 392 g/mol. The van der Waals surface area contributed by atoms with Crippen LogP contribution in [-0.2, 0) is 9.53 Å². The van der Waals surface area contributed by atoms with Crippen molar-refractivity contribution in [1.82, 2.24) is 0 Å². The van der Waals surface area contributed by atoms with Crippen molar-refractivity contribution < 1.29 is 28.7 Å². The molecule has 0 aromatic heterocycles. The number of nitrogens with zero attached hydrogens (tertiary/aromatic N) is 1. The number of hydrogen-bond acceptors (Lipinski definition) is 7. The van der Waals surface area contributed by atoms with Crippen LogP contribution in [0, 0.1) is 30.9 Å². The van der Waals surface area contributed by atoms with Crippen molar-refractivity contribution in [2.45, 2.75) is 27.7 Å². The van der Waals surface area contributed by atoms with E-state index in [0.29, 0.717) is 5.69 Å². The first-order valence-corrected chi connectivity index (χ1v) is 9.22. The summed E-state index contributed by atoms with van der Waals surface area (Å²) in [7, 11) is 1.35. The van der Waals surface area contributed by atoms with Crippen molar-refractivity contribution in [3.63, 3.8) is 0 Å². The average molecular weight is 416 g/mol. The van der Waals surface area contributed by atoms with Crippen LogP contribution in [0.1, 0.15) is 34.0 Å². The minimum absolute atomic E-state index is 0.131. The molecule has 1 N–H and O–H groups in total. The lowest BCUT2D eigenvalue weighted by molar-refractivity contribution is -0.385. The second kappa shape index (κ2) is 9.73. The first-order valence-electron chi connectivity index (χ1n) is 9.22. The number of nitrogens with one attached hydrogen (secondary N) is 1. The number of anilines is 1. The van der Waals surface area contributed by atoms with Crippen LogP contribution < -0.4 is 14.8 Å². The van der Waals surface area contributed by atoms with Gasteiger partial charge in [0.25, 0.3) is 11.6 Å². The number of nitro groups is 1. The maximum atomic E-state index is 12.4. The Labute approximate surface area is 174 Å². The zero-order chi connectivity index (χ0) is 22.4. The van der Waals surface area contributed by atoms with Crippen LogP contribution in [0.2, 0.25) is 0 Å². The second-order valence-electron chi connectivity index (χ2n) is 6.61. The Hall–Kier alpha value is -3.62. The fourth-order valence-electron chi connectivity index (χ4n) is 3.05. The maximum Gasteiger partial charge on any atom is 0.345 e. The summed E-state index contributed by atoms with van der Waals surface area (Å²) in [5, 5.41) is 14.1. The third kappa shape index (κ3) is 5.25. The lowest BCUT2D eigenvalue weighted by Crippen LogP contribution is -2.22. The summed E-state index contributed by atoms with van der Waals surface area (Å²) in [6.45, 7) is 7.04. The highest BCUT2D eigenvalue weighted by Gasteiger charge is 2.26. The van der Waals surface area contributed by atoms with E-state index in [1.165, 1.54) is 7.11 Å². The molecule has 0 aliphatic heterocycles. The predicted octanol–water partition coefficient (Wildman–Crippen LogP) is 3.72. The minimum Gasteiger partial charge on any atom is -0.493 e. The number of hydrogen-bond donors (Lipinski definition) is 1. The van der Waals surface area contributed by atoms with Crippen LogP contribution in [0.4, 0.5) is 11.4 Å². The molecule has 0 aliphatic rings. The molecule has 0 unspecified atom stereocenters. The summed E-state index contributed by atoms with van der Waals surface area (Å²) in [6, 6.07) is 6.10. The Kier molecular flexibility index (Phi) is 7.35. The van der Waals surface area contributed by atoms with Gasteiger partial charge in [0.05, 0.1) is 24.7 Å². The highest BCUT2D eigenvalue weighted by atomic mass is 16.6. The second-order valence-corrected chi connectivity index (χ2v) is 6.61. The number of rotatable bonds is 8. The van der Waals surface area contributed by atoms with E-state index < -0.39 is 29.1 Å². The highest BCUT2D eigenvalue weighted by molar-refractivity contribution is 5.98. The molecule has 30 heavy (non-hydrogen) atoms. The van der Waals surface area contributed by atoms with Crippen LogP contribution in [0.5, 0.6) is 11.5 Å². The van der Waals surface area contributed by atoms with E-state index in [9.17, 15) is 19.7 Å². The molecule has 9 nitrogen and oxygen atoms in total. The fraction of sp³-hybridized carbons (Fsp3) is 0.333. The third-order valence-electron chi connectivity index (χ3n) is 4.27. The smallest absolute Gasteiger partial charge is 0.345 e. The van der Waals surface area contributed by atoms with Crippen LogP contribution in [-0.4, -0.2) is 37.1 Å². The molecule has 0 spiro atoms. The van der Waals surface area contributed by atoms with Gasteiger partial charge in [-0.25, -0.2) is 4.79 Å². The Morgan fingerprint density at radius 1 is 1.07 bits per heavy atom. The Balaban J connectivity index is 2.17. The number of methoxy groups -OCH3 is 1. The summed E-state index contributed by atoms with van der Waals surface area (Å²) in [5.41, 5.74) is 2.60. The lowest BCUT2D eigenvalue weighted by Gasteiger charge is -2.13. The molecule has 2 aromatic rings. The summed E-state index contributed by atoms with van der Waals surface area (Å²) < 4.78 is 15.4. The van der Waals surface area contributed by atoms with Crippen molar-refractivity contribution in [1.29, 1.82) is 0 Å². The largest absolute Gasteiger partial charge is 0.493 e. The molecule has 2 rings (SSSR count). The molecule has 9 heteroatoms. The number of carbonyl (C=O) groups excluding carboxylic acids is 2. The van der Waals surface area contributed by atoms with E-state index in [4.69, 9.17) is 14.2 Å². The summed E-state index contributed by atoms with van der Waals surface area (Å²) >= 11 is 0. The predicted molar refractivity (Wildman–Crippen MR) is 110 cm³/mol. The van der Waals surface area contributed by atoms with E-state index >= 15 is 0 Å². The van der Waals surface area contributed by atoms with Crippen molar-refractivity contribution in [2.75, 3.05) is 25.6 Å². The molecule has 0 aliphatic carbocycles. The average Bonchev–Trinajstić information content (AvgIpc) is 2.68. The van der Waals surface area contributed by atoms with E-state index in [-0.39, 0.29) is 23.7 Å². The van der Waals surface area contributed by atoms with E-state index in [1.54, 1.807) is 6.92 Å². The van der Waals surface area contributed by atoms with Gasteiger partial charge >= 0.3 is 5.97 Å². The molecule has 0 radical (unpaired) electrons. The molecule has 2 aromatic carbocycles. The molecule has 0 saturated carbocycles. The van der Waals surface area contributed by atoms with E-state index in [0.717, 1.165) is 28.8 Å². The molecule has 160 valence electrons. The normalized spacial score (nSPS) is 10.3. The number of esters is 1. The van der Waals surface area contributed by atoms with Gasteiger partial charge in [-0.1, -0.05) is 17.7 Å². The third-order valence-corrected chi connectivity index (χ3v) is 4.27. The van der Waals surface area contributed by atoms with Gasteiger partial charge in [0, 0.05) is 11.8 Å². The number of amides is 1. The zero-order valence-electron chi connectivity index (χ0n) is 17.5. The van der Waals surface area contributed by atoms with Crippen LogP contribution in [0.25, 0.3) is 0 Å². The standard InChI is InChI=1S/C21H24N2O7/c1-6-29-18-10-16(23(26)27)15(9-17(18)28-5)21(25)30-11-19(24)22-20-13(3)7-12(2)8-14(20)4/h7-10H,6,11H2,1-5H3,(H,22,24). The van der Waals surface area contributed by atoms with Crippen LogP contribution in [0.3, 0.4) is 0 Å². The molecule has 1 amide bonds. The fourth-order valence-corrected chi connectivity index (χ4v) is 3.05. The molecule has 0 saturated heterocycles. The van der Waals surface area contributed by atoms with Gasteiger partial charge in [-0.3, -0.25) is 14.9 Å². The molecule has 0 heterocycles. The topological polar surface area (TPSA) is 117 Å². The van der Waals surface area contributed by atoms with Gasteiger partial charge in [0.1, 0.15) is 5.56 Å². The van der Waals surface area contributed by atoms with E-state index in [2.05, 4.69) is 5.32 Å². The first kappa shape index (κ1) is 22.7. The zero-order valence-corrected chi connectivity index (χ0v) is 17.5. The molecular formula is C21H24N2O7. The SMILES string of the molecule is CCOc1cc([N+](=O)[O-])c(C(=O)OCC(=O)Nc2c(C)cc(C)cc2C)cc1OC. The van der Waals surface area contributed by atoms with Crippen molar-refractivity contribution in [2.24, 2.45) is 0 Å². The highest BCUT2D eigenvalue weighted by Crippen LogP contribution is 2.35. The van der Waals surface area contributed by atoms with Crippen molar-refractivity contribution >= 4 is 23.3 Å². The number of aryl methyl sites for hydroxylation is 3. The number of nitro benzene ring substituents is 1. The van der Waals surface area contributed by atoms with Gasteiger partial charge < -0.3 is 19.5 Å². The summed E-state index contributed by atoms with van der Waals surface area (Å²) in [5.74, 6) is -1.30. The molecule has 0 fully saturated rings. The van der Waals surface area contributed by atoms with Gasteiger partial charge in [0.2, 0.25) is 0 Å². The quantitative estimate of drug-likeness (QED) is 0.396. The van der Waals surface area contributed by atoms with Gasteiger partial charge in [0.15, 0.2) is 18.1 Å². The number of benzene rings is 2. The van der Waals surface area contributed by atoms with Gasteiger partial charge in [-0.2, -0.15) is 0 Å². The molecule has 0 atom stereocenters. The summed E-state index contributed by atoms with van der Waals surface area (Å²) in [4.78, 5) is 35.4. The van der Waals surface area contributed by atoms with Crippen LogP contribution >= 0.6 is 0 Å². The summed E-state index contributed by atoms with van der Waals surface area (Å²) in [6.07, 6.45) is 0. The Bertz CT molecular complexity index is 963. The lowest BCUT2D eigenvalue weighted by atomic mass is 10.1. The number of ether oxygens (including phenoxy) is 3. The van der Waals surface area contributed by atoms with Gasteiger partial charge in [-0.05, 0) is 38.8 Å². The maximum absolute atomic E-state index is 12.4. The van der Waals surface area contributed by atoms with E-state index in [1.807, 2.05) is 32.9 Å². The Morgan fingerprint density at radius 2 is 1.70 bits per heavy atom. The molecule has 0 bridgehead atoms. The number of carbonyl (C=O) groups is 2. The van der Waals surface area contributed by atoms with Crippen molar-refractivity contribution in [3.8, 4) is 11.5 Å². The Morgan fingerprint density at radius 3 is 2.23 bits per heavy atom. The van der Waals surface area contributed by atoms with Crippen LogP contribution in [0.15, 0.2) is 24.3 Å².